The summed E-state index contributed by atoms with van der Waals surface area (Å²) >= 11 is 0. The Morgan fingerprint density at radius 1 is 1.39 bits per heavy atom. The normalized spacial score (nSPS) is 17.7. The van der Waals surface area contributed by atoms with Crippen molar-refractivity contribution in [2.24, 2.45) is 0 Å². The number of benzene rings is 1. The lowest BCUT2D eigenvalue weighted by atomic mass is 9.94. The Balaban J connectivity index is 0.00000162. The van der Waals surface area contributed by atoms with Crippen LogP contribution in [0, 0.1) is 0 Å². The number of halogens is 1. The minimum absolute atomic E-state index is 0. The Hall–Kier alpha value is -1.06. The predicted molar refractivity (Wildman–Crippen MR) is 74.4 cm³/mol. The third-order valence-corrected chi connectivity index (χ3v) is 3.65. The van der Waals surface area contributed by atoms with Gasteiger partial charge in [0.2, 0.25) is 0 Å². The van der Waals surface area contributed by atoms with E-state index in [2.05, 4.69) is 12.2 Å². The van der Waals surface area contributed by atoms with Crippen LogP contribution in [-0.2, 0) is 17.6 Å². The Bertz CT molecular complexity index is 409. The Morgan fingerprint density at radius 2 is 1.89 bits per heavy atom. The first-order chi connectivity index (χ1) is 8.07. The molecule has 2 rings (SSSR count). The van der Waals surface area contributed by atoms with Gasteiger partial charge in [-0.1, -0.05) is 31.2 Å². The molecular weight excluding hydrogens is 250 g/mol. The molecule has 0 aliphatic heterocycles. The molecule has 0 saturated carbocycles. The number of carboxylic acid groups (broad SMARTS) is 1. The predicted octanol–water partition coefficient (Wildman–Crippen LogP) is 2.42. The van der Waals surface area contributed by atoms with E-state index in [0.717, 1.165) is 17.5 Å². The van der Waals surface area contributed by atoms with Crippen molar-refractivity contribution in [3.05, 3.63) is 35.4 Å². The summed E-state index contributed by atoms with van der Waals surface area (Å²) in [7, 11) is 0. The summed E-state index contributed by atoms with van der Waals surface area (Å²) in [4.78, 5) is 11.6. The molecule has 1 aromatic rings. The molecule has 1 aromatic carbocycles. The number of carbonyl (C=O) groups is 1. The lowest BCUT2D eigenvalue weighted by Crippen LogP contribution is -2.56. The fraction of sp³-hybridized carbons (Fsp3) is 0.500. The molecule has 0 amide bonds. The Morgan fingerprint density at radius 3 is 2.28 bits per heavy atom. The summed E-state index contributed by atoms with van der Waals surface area (Å²) < 4.78 is 0. The standard InChI is InChI=1S/C14H19NO2.ClH/c1-3-10(2)15-14(13(16)17)8-11-6-4-5-7-12(11)9-14;/h4-7,10,15H,3,8-9H2,1-2H3,(H,16,17);1H. The summed E-state index contributed by atoms with van der Waals surface area (Å²) in [6, 6.07) is 8.22. The highest BCUT2D eigenvalue weighted by Gasteiger charge is 2.44. The van der Waals surface area contributed by atoms with E-state index in [1.54, 1.807) is 0 Å². The van der Waals surface area contributed by atoms with E-state index in [0.29, 0.717) is 12.8 Å². The largest absolute Gasteiger partial charge is 0.480 e. The Kier molecular flexibility index (Phi) is 4.77. The van der Waals surface area contributed by atoms with Crippen LogP contribution < -0.4 is 5.32 Å². The molecule has 2 N–H and O–H groups in total. The van der Waals surface area contributed by atoms with Gasteiger partial charge in [-0.3, -0.25) is 10.1 Å². The zero-order valence-electron chi connectivity index (χ0n) is 10.8. The zero-order chi connectivity index (χ0) is 12.5. The maximum absolute atomic E-state index is 11.6. The average molecular weight is 270 g/mol. The van der Waals surface area contributed by atoms with E-state index < -0.39 is 11.5 Å². The van der Waals surface area contributed by atoms with Crippen LogP contribution in [0.15, 0.2) is 24.3 Å². The molecule has 0 spiro atoms. The van der Waals surface area contributed by atoms with Crippen molar-refractivity contribution in [2.75, 3.05) is 0 Å². The number of hydrogen-bond acceptors (Lipinski definition) is 2. The van der Waals surface area contributed by atoms with E-state index >= 15 is 0 Å². The lowest BCUT2D eigenvalue weighted by Gasteiger charge is -2.29. The summed E-state index contributed by atoms with van der Waals surface area (Å²) in [5.74, 6) is -0.742. The van der Waals surface area contributed by atoms with Crippen LogP contribution in [0.5, 0.6) is 0 Å². The molecule has 0 bridgehead atoms. The molecule has 0 fully saturated rings. The molecule has 0 radical (unpaired) electrons. The highest BCUT2D eigenvalue weighted by Crippen LogP contribution is 2.30. The average Bonchev–Trinajstić information content (AvgIpc) is 2.68. The van der Waals surface area contributed by atoms with Gasteiger partial charge in [-0.15, -0.1) is 12.4 Å². The molecule has 100 valence electrons. The van der Waals surface area contributed by atoms with Crippen molar-refractivity contribution in [2.45, 2.75) is 44.7 Å². The number of nitrogens with one attached hydrogen (secondary N) is 1. The van der Waals surface area contributed by atoms with Gasteiger partial charge in [0, 0.05) is 18.9 Å². The topological polar surface area (TPSA) is 49.3 Å². The molecule has 1 unspecified atom stereocenters. The van der Waals surface area contributed by atoms with Gasteiger partial charge in [-0.25, -0.2) is 0 Å². The molecule has 1 atom stereocenters. The summed E-state index contributed by atoms with van der Waals surface area (Å²) in [6.07, 6.45) is 2.11. The van der Waals surface area contributed by atoms with Crippen molar-refractivity contribution < 1.29 is 9.90 Å². The van der Waals surface area contributed by atoms with Crippen molar-refractivity contribution in [1.29, 1.82) is 0 Å². The van der Waals surface area contributed by atoms with Gasteiger partial charge in [0.15, 0.2) is 0 Å². The first kappa shape index (κ1) is 15.0. The van der Waals surface area contributed by atoms with Gasteiger partial charge in [-0.2, -0.15) is 0 Å². The van der Waals surface area contributed by atoms with Gasteiger partial charge in [-0.05, 0) is 24.5 Å². The van der Waals surface area contributed by atoms with E-state index in [1.165, 1.54) is 0 Å². The third-order valence-electron chi connectivity index (χ3n) is 3.65. The van der Waals surface area contributed by atoms with E-state index in [-0.39, 0.29) is 18.4 Å². The third kappa shape index (κ3) is 2.68. The highest BCUT2D eigenvalue weighted by atomic mass is 35.5. The van der Waals surface area contributed by atoms with Gasteiger partial charge in [0.1, 0.15) is 5.54 Å². The Labute approximate surface area is 114 Å². The quantitative estimate of drug-likeness (QED) is 0.883. The van der Waals surface area contributed by atoms with Crippen LogP contribution in [0.25, 0.3) is 0 Å². The number of hydrogen-bond donors (Lipinski definition) is 2. The SMILES string of the molecule is CCC(C)NC1(C(=O)O)Cc2ccccc2C1.Cl. The monoisotopic (exact) mass is 269 g/mol. The summed E-state index contributed by atoms with van der Waals surface area (Å²) in [6.45, 7) is 4.10. The van der Waals surface area contributed by atoms with Crippen LogP contribution in [0.3, 0.4) is 0 Å². The van der Waals surface area contributed by atoms with Gasteiger partial charge in [0.25, 0.3) is 0 Å². The molecule has 1 aliphatic carbocycles. The number of aliphatic carboxylic acids is 1. The summed E-state index contributed by atoms with van der Waals surface area (Å²) in [5, 5.41) is 12.8. The second kappa shape index (κ2) is 5.72. The molecular formula is C14H20ClNO2. The smallest absolute Gasteiger partial charge is 0.324 e. The van der Waals surface area contributed by atoms with Crippen molar-refractivity contribution in [1.82, 2.24) is 5.32 Å². The van der Waals surface area contributed by atoms with E-state index in [4.69, 9.17) is 0 Å². The highest BCUT2D eigenvalue weighted by molar-refractivity contribution is 5.85. The van der Waals surface area contributed by atoms with Crippen LogP contribution in [-0.4, -0.2) is 22.7 Å². The van der Waals surface area contributed by atoms with Crippen molar-refractivity contribution in [3.63, 3.8) is 0 Å². The van der Waals surface area contributed by atoms with Crippen LogP contribution >= 0.6 is 12.4 Å². The second-order valence-electron chi connectivity index (χ2n) is 4.96. The minimum atomic E-state index is -0.806. The molecule has 0 heterocycles. The van der Waals surface area contributed by atoms with Crippen LogP contribution in [0.2, 0.25) is 0 Å². The maximum atomic E-state index is 11.6. The van der Waals surface area contributed by atoms with Gasteiger partial charge in [0.05, 0.1) is 0 Å². The minimum Gasteiger partial charge on any atom is -0.480 e. The van der Waals surface area contributed by atoms with Gasteiger partial charge >= 0.3 is 5.97 Å². The van der Waals surface area contributed by atoms with Crippen LogP contribution in [0.1, 0.15) is 31.4 Å². The maximum Gasteiger partial charge on any atom is 0.324 e. The zero-order valence-corrected chi connectivity index (χ0v) is 11.6. The molecule has 1 aliphatic rings. The lowest BCUT2D eigenvalue weighted by molar-refractivity contribution is -0.144. The number of fused-ring (bicyclic) bond motifs is 1. The van der Waals surface area contributed by atoms with E-state index in [1.807, 2.05) is 31.2 Å². The van der Waals surface area contributed by atoms with E-state index in [9.17, 15) is 9.90 Å². The van der Waals surface area contributed by atoms with Gasteiger partial charge < -0.3 is 5.11 Å². The first-order valence-electron chi connectivity index (χ1n) is 6.15. The second-order valence-corrected chi connectivity index (χ2v) is 4.96. The van der Waals surface area contributed by atoms with Crippen LogP contribution in [0.4, 0.5) is 0 Å². The number of rotatable bonds is 4. The van der Waals surface area contributed by atoms with Crippen molar-refractivity contribution in [3.8, 4) is 0 Å². The molecule has 3 nitrogen and oxygen atoms in total. The fourth-order valence-corrected chi connectivity index (χ4v) is 2.50. The van der Waals surface area contributed by atoms with Crippen molar-refractivity contribution >= 4 is 18.4 Å². The fourth-order valence-electron chi connectivity index (χ4n) is 2.50. The molecule has 0 aromatic heterocycles. The number of carboxylic acids is 1. The molecule has 18 heavy (non-hydrogen) atoms. The first-order valence-corrected chi connectivity index (χ1v) is 6.15. The molecule has 0 saturated heterocycles. The summed E-state index contributed by atoms with van der Waals surface area (Å²) in [5.41, 5.74) is 1.51. The molecule has 4 heteroatoms.